The van der Waals surface area contributed by atoms with Gasteiger partial charge in [-0.15, -0.1) is 0 Å². The number of rotatable bonds is 0. The third-order valence-corrected chi connectivity index (χ3v) is 6.56. The molecule has 0 bridgehead atoms. The maximum atomic E-state index is 2.59. The topological polar surface area (TPSA) is 0 Å². The van der Waals surface area contributed by atoms with Crippen LogP contribution in [-0.4, -0.2) is 3.92 Å². The molecule has 0 radical (unpaired) electrons. The maximum Gasteiger partial charge on any atom is 0.0292 e. The summed E-state index contributed by atoms with van der Waals surface area (Å²) in [5, 5.41) is 0. The molecule has 3 unspecified atom stereocenters. The van der Waals surface area contributed by atoms with Crippen LogP contribution >= 0.6 is 45.2 Å². The lowest BCUT2D eigenvalue weighted by Gasteiger charge is -2.34. The summed E-state index contributed by atoms with van der Waals surface area (Å²) in [6, 6.07) is 0. The first-order valence-corrected chi connectivity index (χ1v) is 8.72. The van der Waals surface area contributed by atoms with E-state index >= 15 is 0 Å². The van der Waals surface area contributed by atoms with Gasteiger partial charge in [-0.25, -0.2) is 0 Å². The van der Waals surface area contributed by atoms with Crippen LogP contribution in [0.1, 0.15) is 26.7 Å². The fourth-order valence-electron chi connectivity index (χ4n) is 3.97. The molecule has 0 aromatic rings. The summed E-state index contributed by atoms with van der Waals surface area (Å²) >= 11 is 5.06. The number of alkyl halides is 1. The molecule has 3 aliphatic rings. The van der Waals surface area contributed by atoms with E-state index in [1.54, 1.807) is 5.57 Å². The molecule has 3 rings (SSSR count). The van der Waals surface area contributed by atoms with Gasteiger partial charge >= 0.3 is 0 Å². The molecular formula is C15H18I2. The highest BCUT2D eigenvalue weighted by atomic mass is 127. The van der Waals surface area contributed by atoms with Gasteiger partial charge in [0, 0.05) is 7.50 Å². The second-order valence-electron chi connectivity index (χ2n) is 6.07. The quantitative estimate of drug-likeness (QED) is 0.267. The molecule has 0 N–H and O–H groups in total. The normalized spacial score (nSPS) is 42.6. The molecular weight excluding hydrogens is 434 g/mol. The van der Waals surface area contributed by atoms with E-state index < -0.39 is 0 Å². The monoisotopic (exact) mass is 452 g/mol. The molecule has 1 fully saturated rings. The summed E-state index contributed by atoms with van der Waals surface area (Å²) < 4.78 is 2.18. The van der Waals surface area contributed by atoms with Crippen molar-refractivity contribution in [3.8, 4) is 0 Å². The summed E-state index contributed by atoms with van der Waals surface area (Å²) in [7, 11) is 0. The van der Waals surface area contributed by atoms with Gasteiger partial charge in [0.2, 0.25) is 0 Å². The fraction of sp³-hybridized carbons (Fsp3) is 0.600. The van der Waals surface area contributed by atoms with Crippen LogP contribution in [0.15, 0.2) is 33.5 Å². The minimum Gasteiger partial charge on any atom is -0.0835 e. The Balaban J connectivity index is 2.04. The van der Waals surface area contributed by atoms with Crippen molar-refractivity contribution in [3.63, 3.8) is 0 Å². The first kappa shape index (κ1) is 12.7. The van der Waals surface area contributed by atoms with Gasteiger partial charge in [-0.05, 0) is 64.7 Å². The van der Waals surface area contributed by atoms with Crippen LogP contribution in [0.2, 0.25) is 0 Å². The van der Waals surface area contributed by atoms with Gasteiger partial charge < -0.3 is 0 Å². The van der Waals surface area contributed by atoms with E-state index in [9.17, 15) is 0 Å². The molecule has 0 amide bonds. The lowest BCUT2D eigenvalue weighted by Crippen LogP contribution is -2.27. The zero-order valence-electron chi connectivity index (χ0n) is 10.3. The molecule has 0 aliphatic heterocycles. The Hall–Kier alpha value is 0.680. The van der Waals surface area contributed by atoms with Crippen molar-refractivity contribution in [2.75, 3.05) is 0 Å². The number of halogens is 2. The second-order valence-corrected chi connectivity index (χ2v) is 8.92. The first-order chi connectivity index (χ1) is 8.00. The van der Waals surface area contributed by atoms with Crippen molar-refractivity contribution in [2.45, 2.75) is 30.6 Å². The minimum absolute atomic E-state index is 0.397. The molecule has 0 heterocycles. The first-order valence-electron chi connectivity index (χ1n) is 6.40. The van der Waals surface area contributed by atoms with E-state index in [0.717, 1.165) is 21.7 Å². The molecule has 92 valence electrons. The Bertz CT molecular complexity index is 428. The van der Waals surface area contributed by atoms with Crippen molar-refractivity contribution < 1.29 is 0 Å². The maximum absolute atomic E-state index is 2.59. The molecule has 4 atom stereocenters. The molecule has 0 aromatic carbocycles. The largest absolute Gasteiger partial charge is 0.0835 e. The predicted octanol–water partition coefficient (Wildman–Crippen LogP) is 5.29. The third-order valence-electron chi connectivity index (χ3n) is 4.88. The highest BCUT2D eigenvalue weighted by molar-refractivity contribution is 14.1. The average Bonchev–Trinajstić information content (AvgIpc) is 2.49. The lowest BCUT2D eigenvalue weighted by molar-refractivity contribution is 0.241. The average molecular weight is 452 g/mol. The Kier molecular flexibility index (Phi) is 3.26. The van der Waals surface area contributed by atoms with Gasteiger partial charge in [-0.3, -0.25) is 0 Å². The summed E-state index contributed by atoms with van der Waals surface area (Å²) in [5.74, 6) is 2.43. The second kappa shape index (κ2) is 4.36. The van der Waals surface area contributed by atoms with E-state index in [1.165, 1.54) is 16.4 Å². The fourth-order valence-corrected chi connectivity index (χ4v) is 5.35. The van der Waals surface area contributed by atoms with E-state index in [1.807, 2.05) is 0 Å². The van der Waals surface area contributed by atoms with Crippen molar-refractivity contribution in [1.29, 1.82) is 0 Å². The van der Waals surface area contributed by atoms with Crippen LogP contribution in [0.3, 0.4) is 0 Å². The number of allylic oxidation sites excluding steroid dienone is 6. The molecule has 0 nitrogen and oxygen atoms in total. The summed E-state index contributed by atoms with van der Waals surface area (Å²) in [5.41, 5.74) is 2.11. The molecule has 0 spiro atoms. The van der Waals surface area contributed by atoms with Crippen LogP contribution in [0.5, 0.6) is 0 Å². The van der Waals surface area contributed by atoms with Crippen LogP contribution in [-0.2, 0) is 0 Å². The Labute approximate surface area is 131 Å². The minimum atomic E-state index is 0.397. The van der Waals surface area contributed by atoms with Gasteiger partial charge in [-0.2, -0.15) is 0 Å². The van der Waals surface area contributed by atoms with E-state index in [-0.39, 0.29) is 0 Å². The highest BCUT2D eigenvalue weighted by Crippen LogP contribution is 2.60. The molecule has 2 heteroatoms. The lowest BCUT2D eigenvalue weighted by atomic mass is 9.73. The number of hydrogen-bond acceptors (Lipinski definition) is 0. The van der Waals surface area contributed by atoms with Crippen molar-refractivity contribution in [3.05, 3.63) is 33.5 Å². The molecule has 1 saturated carbocycles. The Morgan fingerprint density at radius 1 is 1.29 bits per heavy atom. The van der Waals surface area contributed by atoms with Crippen LogP contribution in [0.4, 0.5) is 0 Å². The van der Waals surface area contributed by atoms with Gasteiger partial charge in [0.05, 0.1) is 0 Å². The summed E-state index contributed by atoms with van der Waals surface area (Å²) in [4.78, 5) is 0. The van der Waals surface area contributed by atoms with E-state index in [0.29, 0.717) is 5.41 Å². The summed E-state index contributed by atoms with van der Waals surface area (Å²) in [6.07, 6.45) is 12.4. The smallest absolute Gasteiger partial charge is 0.0292 e. The third kappa shape index (κ3) is 1.97. The molecule has 0 aromatic heterocycles. The summed E-state index contributed by atoms with van der Waals surface area (Å²) in [6.45, 7) is 4.93. The van der Waals surface area contributed by atoms with Crippen LogP contribution < -0.4 is 0 Å². The molecule has 17 heavy (non-hydrogen) atoms. The highest BCUT2D eigenvalue weighted by Gasteiger charge is 2.51. The Morgan fingerprint density at radius 3 is 2.82 bits per heavy atom. The van der Waals surface area contributed by atoms with Gasteiger partial charge in [0.1, 0.15) is 0 Å². The predicted molar refractivity (Wildman–Crippen MR) is 90.6 cm³/mol. The van der Waals surface area contributed by atoms with Gasteiger partial charge in [0.25, 0.3) is 0 Å². The van der Waals surface area contributed by atoms with Crippen molar-refractivity contribution in [1.82, 2.24) is 0 Å². The zero-order valence-corrected chi connectivity index (χ0v) is 14.6. The van der Waals surface area contributed by atoms with Crippen LogP contribution in [0.25, 0.3) is 0 Å². The molecule has 0 saturated heterocycles. The van der Waals surface area contributed by atoms with Crippen molar-refractivity contribution >= 4 is 45.2 Å². The van der Waals surface area contributed by atoms with E-state index in [2.05, 4.69) is 83.3 Å². The van der Waals surface area contributed by atoms with E-state index in [4.69, 9.17) is 0 Å². The standard InChI is InChI=1S/C15H18I2/c1-15(2)13-7-9(16)3-5-11(13)12-6-4-10(17)8-14(12)15/h3-5,8-9,11-13H,6-7H2,1-2H3/t9?,11?,12?,13-/m0/s1. The van der Waals surface area contributed by atoms with Gasteiger partial charge in [0.15, 0.2) is 0 Å². The van der Waals surface area contributed by atoms with Gasteiger partial charge in [-0.1, -0.05) is 60.2 Å². The Morgan fingerprint density at radius 2 is 2.06 bits per heavy atom. The number of fused-ring (bicyclic) bond motifs is 3. The zero-order chi connectivity index (χ0) is 12.2. The molecule has 3 aliphatic carbocycles. The number of hydrogen-bond donors (Lipinski definition) is 0. The van der Waals surface area contributed by atoms with Crippen LogP contribution in [0, 0.1) is 23.2 Å². The SMILES string of the molecule is CC1(C)C2=CC(I)=CCC2C2C=CC(I)C[C@@H]21. The van der Waals surface area contributed by atoms with Crippen molar-refractivity contribution in [2.24, 2.45) is 23.2 Å².